The van der Waals surface area contributed by atoms with Gasteiger partial charge in [-0.1, -0.05) is 18.2 Å². The SMILES string of the molecule is O=C(O)c1ccccc1Oc1cccc(C(F)(F)F)c1NS(=O)(=O)c1cc(C(F)(F)F)cc(C(F)(F)F)c1. The minimum atomic E-state index is -5.55. The summed E-state index contributed by atoms with van der Waals surface area (Å²) >= 11 is 0. The van der Waals surface area contributed by atoms with Crippen molar-refractivity contribution < 1.29 is 62.6 Å². The van der Waals surface area contributed by atoms with Crippen molar-refractivity contribution in [2.45, 2.75) is 23.4 Å². The summed E-state index contributed by atoms with van der Waals surface area (Å²) in [5.74, 6) is -3.06. The predicted molar refractivity (Wildman–Crippen MR) is 112 cm³/mol. The van der Waals surface area contributed by atoms with Crippen molar-refractivity contribution in [2.75, 3.05) is 4.72 Å². The number of carbonyl (C=O) groups is 1. The molecule has 0 bridgehead atoms. The second-order valence-electron chi connectivity index (χ2n) is 7.43. The van der Waals surface area contributed by atoms with Crippen LogP contribution in [0.2, 0.25) is 0 Å². The van der Waals surface area contributed by atoms with Gasteiger partial charge in [-0.2, -0.15) is 39.5 Å². The second kappa shape index (κ2) is 9.74. The van der Waals surface area contributed by atoms with Gasteiger partial charge in [0.2, 0.25) is 0 Å². The topological polar surface area (TPSA) is 92.7 Å². The van der Waals surface area contributed by atoms with Crippen LogP contribution in [-0.2, 0) is 28.6 Å². The van der Waals surface area contributed by atoms with E-state index in [0.717, 1.165) is 24.3 Å². The molecule has 0 aromatic heterocycles. The number of carboxylic acids is 1. The number of halogens is 9. The first kappa shape index (κ1) is 28.6. The maximum Gasteiger partial charge on any atom is 0.418 e. The van der Waals surface area contributed by atoms with Gasteiger partial charge in [-0.25, -0.2) is 13.2 Å². The Hall–Kier alpha value is -3.95. The summed E-state index contributed by atoms with van der Waals surface area (Å²) in [6, 6.07) is 5.67. The Morgan fingerprint density at radius 2 is 1.26 bits per heavy atom. The van der Waals surface area contributed by atoms with Crippen LogP contribution in [0.1, 0.15) is 27.0 Å². The van der Waals surface area contributed by atoms with E-state index in [1.54, 1.807) is 0 Å². The molecule has 38 heavy (non-hydrogen) atoms. The minimum absolute atomic E-state index is 0.186. The van der Waals surface area contributed by atoms with Crippen molar-refractivity contribution in [3.8, 4) is 11.5 Å². The van der Waals surface area contributed by atoms with Gasteiger partial charge in [0.15, 0.2) is 5.75 Å². The van der Waals surface area contributed by atoms with Crippen LogP contribution in [0.25, 0.3) is 0 Å². The first-order valence-corrected chi connectivity index (χ1v) is 11.3. The van der Waals surface area contributed by atoms with Gasteiger partial charge in [-0.05, 0) is 42.5 Å². The summed E-state index contributed by atoms with van der Waals surface area (Å²) in [6.07, 6.45) is -16.2. The molecule has 0 spiro atoms. The molecule has 0 unspecified atom stereocenters. The highest BCUT2D eigenvalue weighted by Crippen LogP contribution is 2.43. The number of hydrogen-bond acceptors (Lipinski definition) is 4. The van der Waals surface area contributed by atoms with E-state index in [1.165, 1.54) is 16.9 Å². The molecule has 2 N–H and O–H groups in total. The fourth-order valence-corrected chi connectivity index (χ4v) is 4.24. The zero-order valence-corrected chi connectivity index (χ0v) is 19.0. The van der Waals surface area contributed by atoms with Crippen molar-refractivity contribution in [3.63, 3.8) is 0 Å². The van der Waals surface area contributed by atoms with E-state index in [-0.39, 0.29) is 18.2 Å². The summed E-state index contributed by atoms with van der Waals surface area (Å²) in [4.78, 5) is 9.76. The first-order chi connectivity index (χ1) is 17.3. The Labute approximate surface area is 207 Å². The van der Waals surface area contributed by atoms with Crippen LogP contribution < -0.4 is 9.46 Å². The lowest BCUT2D eigenvalue weighted by atomic mass is 10.1. The lowest BCUT2D eigenvalue weighted by Gasteiger charge is -2.20. The van der Waals surface area contributed by atoms with E-state index in [1.807, 2.05) is 0 Å². The monoisotopic (exact) mass is 573 g/mol. The number of ether oxygens (including phenoxy) is 1. The fraction of sp³-hybridized carbons (Fsp3) is 0.136. The Kier molecular flexibility index (Phi) is 7.33. The van der Waals surface area contributed by atoms with Crippen LogP contribution in [0.5, 0.6) is 11.5 Å². The molecular weight excluding hydrogens is 561 g/mol. The Bertz CT molecular complexity index is 1450. The quantitative estimate of drug-likeness (QED) is 0.309. The molecule has 0 aliphatic carbocycles. The van der Waals surface area contributed by atoms with Gasteiger partial charge < -0.3 is 9.84 Å². The number of alkyl halides is 9. The smallest absolute Gasteiger partial charge is 0.418 e. The Morgan fingerprint density at radius 1 is 0.737 bits per heavy atom. The third-order valence-electron chi connectivity index (χ3n) is 4.78. The highest BCUT2D eigenvalue weighted by atomic mass is 32.2. The number of aromatic carboxylic acids is 1. The third-order valence-corrected chi connectivity index (χ3v) is 6.11. The minimum Gasteiger partial charge on any atom is -0.478 e. The van der Waals surface area contributed by atoms with Crippen molar-refractivity contribution in [1.29, 1.82) is 0 Å². The number of carboxylic acid groups (broad SMARTS) is 1. The molecule has 3 rings (SSSR count). The standard InChI is InChI=1S/C22H12F9NO5S/c23-20(24,25)11-8-12(21(26,27)28)10-13(9-11)38(35,36)32-18-15(22(29,30)31)5-3-7-17(18)37-16-6-2-1-4-14(16)19(33)34/h1-10,32H,(H,33,34). The molecule has 0 amide bonds. The number of benzene rings is 3. The molecule has 0 saturated heterocycles. The van der Waals surface area contributed by atoms with Crippen LogP contribution >= 0.6 is 0 Å². The van der Waals surface area contributed by atoms with Crippen molar-refractivity contribution >= 4 is 21.7 Å². The van der Waals surface area contributed by atoms with Crippen LogP contribution in [0.15, 0.2) is 65.6 Å². The lowest BCUT2D eigenvalue weighted by molar-refractivity contribution is -0.143. The summed E-state index contributed by atoms with van der Waals surface area (Å²) in [5, 5.41) is 9.26. The summed E-state index contributed by atoms with van der Waals surface area (Å²) in [7, 11) is -5.55. The van der Waals surface area contributed by atoms with Crippen LogP contribution in [0.3, 0.4) is 0 Å². The number of hydrogen-bond donors (Lipinski definition) is 2. The van der Waals surface area contributed by atoms with Gasteiger partial charge in [0.25, 0.3) is 10.0 Å². The van der Waals surface area contributed by atoms with Gasteiger partial charge in [-0.15, -0.1) is 0 Å². The van der Waals surface area contributed by atoms with E-state index >= 15 is 0 Å². The molecule has 0 aliphatic heterocycles. The van der Waals surface area contributed by atoms with Gasteiger partial charge in [-0.3, -0.25) is 4.72 Å². The zero-order valence-electron chi connectivity index (χ0n) is 18.2. The number of nitrogens with one attached hydrogen (secondary N) is 1. The predicted octanol–water partition coefficient (Wildman–Crippen LogP) is 7.03. The van der Waals surface area contributed by atoms with Crippen LogP contribution in [0, 0.1) is 0 Å². The molecule has 3 aromatic rings. The second-order valence-corrected chi connectivity index (χ2v) is 9.11. The zero-order chi connectivity index (χ0) is 28.7. The van der Waals surface area contributed by atoms with E-state index < -0.39 is 78.9 Å². The molecule has 0 radical (unpaired) electrons. The Balaban J connectivity index is 2.21. The first-order valence-electron chi connectivity index (χ1n) is 9.83. The number of rotatable bonds is 6. The van der Waals surface area contributed by atoms with Crippen LogP contribution in [0.4, 0.5) is 45.2 Å². The molecule has 0 heterocycles. The normalized spacial score (nSPS) is 12.8. The summed E-state index contributed by atoms with van der Waals surface area (Å²) < 4.78 is 152. The average molecular weight is 573 g/mol. The largest absolute Gasteiger partial charge is 0.478 e. The van der Waals surface area contributed by atoms with Gasteiger partial charge in [0.05, 0.1) is 21.6 Å². The molecule has 0 saturated carbocycles. The number of sulfonamides is 1. The molecule has 0 aliphatic rings. The molecule has 204 valence electrons. The van der Waals surface area contributed by atoms with Gasteiger partial charge >= 0.3 is 24.5 Å². The van der Waals surface area contributed by atoms with Gasteiger partial charge in [0.1, 0.15) is 17.0 Å². The third kappa shape index (κ3) is 6.30. The van der Waals surface area contributed by atoms with E-state index in [9.17, 15) is 57.8 Å². The summed E-state index contributed by atoms with van der Waals surface area (Å²) in [6.45, 7) is 0. The van der Waals surface area contributed by atoms with E-state index in [0.29, 0.717) is 6.07 Å². The number of para-hydroxylation sites is 2. The van der Waals surface area contributed by atoms with E-state index in [4.69, 9.17) is 4.74 Å². The molecule has 16 heteroatoms. The number of anilines is 1. The highest BCUT2D eigenvalue weighted by molar-refractivity contribution is 7.92. The van der Waals surface area contributed by atoms with Crippen molar-refractivity contribution in [3.05, 3.63) is 82.9 Å². The molecule has 6 nitrogen and oxygen atoms in total. The molecule has 0 atom stereocenters. The highest BCUT2D eigenvalue weighted by Gasteiger charge is 2.40. The van der Waals surface area contributed by atoms with Crippen LogP contribution in [-0.4, -0.2) is 19.5 Å². The molecule has 0 fully saturated rings. The maximum absolute atomic E-state index is 13.7. The lowest BCUT2D eigenvalue weighted by Crippen LogP contribution is -2.20. The van der Waals surface area contributed by atoms with Crippen molar-refractivity contribution in [1.82, 2.24) is 0 Å². The fourth-order valence-electron chi connectivity index (χ4n) is 3.08. The van der Waals surface area contributed by atoms with E-state index in [2.05, 4.69) is 0 Å². The van der Waals surface area contributed by atoms with Crippen molar-refractivity contribution in [2.24, 2.45) is 0 Å². The Morgan fingerprint density at radius 3 is 1.76 bits per heavy atom. The van der Waals surface area contributed by atoms with Gasteiger partial charge in [0, 0.05) is 0 Å². The molecular formula is C22H12F9NO5S. The summed E-state index contributed by atoms with van der Waals surface area (Å²) in [5.41, 5.74) is -7.74. The maximum atomic E-state index is 13.7. The average Bonchev–Trinajstić information content (AvgIpc) is 2.78. The molecule has 3 aromatic carbocycles.